The minimum absolute atomic E-state index is 0.0715. The molecule has 0 radical (unpaired) electrons. The smallest absolute Gasteiger partial charge is 0.405 e. The van der Waals surface area contributed by atoms with Crippen molar-refractivity contribution in [3.05, 3.63) is 60.7 Å². The summed E-state index contributed by atoms with van der Waals surface area (Å²) >= 11 is 0. The molecule has 3 fully saturated rings. The van der Waals surface area contributed by atoms with E-state index in [0.717, 1.165) is 23.2 Å². The van der Waals surface area contributed by atoms with Crippen LogP contribution in [0.2, 0.25) is 5.04 Å². The predicted octanol–water partition coefficient (Wildman–Crippen LogP) is 4.29. The highest BCUT2D eigenvalue weighted by Crippen LogP contribution is 2.41. The monoisotopic (exact) mass is 614 g/mol. The highest BCUT2D eigenvalue weighted by molar-refractivity contribution is 7.87. The van der Waals surface area contributed by atoms with Crippen molar-refractivity contribution in [3.8, 4) is 0 Å². The largest absolute Gasteiger partial charge is 0.523 e. The lowest BCUT2D eigenvalue weighted by molar-refractivity contribution is -0.259. The van der Waals surface area contributed by atoms with Crippen LogP contribution in [-0.4, -0.2) is 72.1 Å². The summed E-state index contributed by atoms with van der Waals surface area (Å²) < 4.78 is 94.7. The summed E-state index contributed by atoms with van der Waals surface area (Å²) in [5.41, 5.74) is -5.57. The highest BCUT2D eigenvalue weighted by atomic mass is 32.2. The maximum Gasteiger partial charge on any atom is 0.523 e. The second-order valence-corrected chi connectivity index (χ2v) is 17.8. The number of benzene rings is 2. The molecule has 0 aromatic heterocycles. The minimum Gasteiger partial charge on any atom is -0.405 e. The van der Waals surface area contributed by atoms with Gasteiger partial charge < -0.3 is 18.6 Å². The standard InChI is InChI=1S/C29H37F3O7SSi/c1-28(2,3)41(20-11-6-4-7-12-20,21-13-8-5-9-14-21)36-19-27-26(39-40(33,34)29(30,31)32)18-25-24(38-27)17-23-22(37-25)15-10-16-35-23/h4-9,11-14,22-27H,10,15-19H2,1-3H3/t22-,23+,24-,25+,26+,27+/m1/s1. The predicted molar refractivity (Wildman–Crippen MR) is 149 cm³/mol. The summed E-state index contributed by atoms with van der Waals surface area (Å²) in [4.78, 5) is 0. The fourth-order valence-electron chi connectivity index (χ4n) is 6.36. The van der Waals surface area contributed by atoms with Gasteiger partial charge in [0.2, 0.25) is 0 Å². The maximum absolute atomic E-state index is 13.4. The molecule has 12 heteroatoms. The van der Waals surface area contributed by atoms with Crippen molar-refractivity contribution in [3.63, 3.8) is 0 Å². The van der Waals surface area contributed by atoms with E-state index in [4.69, 9.17) is 22.8 Å². The van der Waals surface area contributed by atoms with Gasteiger partial charge in [-0.05, 0) is 28.3 Å². The molecule has 0 amide bonds. The van der Waals surface area contributed by atoms with Crippen LogP contribution in [0.15, 0.2) is 60.7 Å². The van der Waals surface area contributed by atoms with Crippen LogP contribution in [0, 0.1) is 0 Å². The van der Waals surface area contributed by atoms with Crippen molar-refractivity contribution < 1.29 is 44.4 Å². The van der Waals surface area contributed by atoms with Gasteiger partial charge in [0.25, 0.3) is 8.32 Å². The molecule has 2 aromatic carbocycles. The van der Waals surface area contributed by atoms with E-state index in [0.29, 0.717) is 13.0 Å². The number of alkyl halides is 3. The molecule has 0 spiro atoms. The lowest BCUT2D eigenvalue weighted by Gasteiger charge is -2.49. The van der Waals surface area contributed by atoms with Gasteiger partial charge in [0.05, 0.1) is 31.0 Å². The van der Waals surface area contributed by atoms with Gasteiger partial charge in [0.15, 0.2) is 0 Å². The summed E-state index contributed by atoms with van der Waals surface area (Å²) in [5, 5.41) is 1.55. The normalized spacial score (nSPS) is 29.4. The Morgan fingerprint density at radius 2 is 1.44 bits per heavy atom. The van der Waals surface area contributed by atoms with Gasteiger partial charge >= 0.3 is 15.6 Å². The summed E-state index contributed by atoms with van der Waals surface area (Å²) in [6.07, 6.45) is -2.01. The van der Waals surface area contributed by atoms with Crippen LogP contribution in [-0.2, 0) is 32.9 Å². The van der Waals surface area contributed by atoms with Crippen LogP contribution in [0.25, 0.3) is 0 Å². The zero-order chi connectivity index (χ0) is 29.5. The van der Waals surface area contributed by atoms with Crippen LogP contribution in [0.4, 0.5) is 13.2 Å². The third-order valence-electron chi connectivity index (χ3n) is 8.25. The molecule has 0 aliphatic carbocycles. The summed E-state index contributed by atoms with van der Waals surface area (Å²) in [7, 11) is -8.98. The number of ether oxygens (including phenoxy) is 3. The minimum atomic E-state index is -5.88. The number of halogens is 3. The molecule has 0 bridgehead atoms. The molecule has 3 aliphatic rings. The second kappa shape index (κ2) is 11.7. The highest BCUT2D eigenvalue weighted by Gasteiger charge is 2.55. The molecule has 0 unspecified atom stereocenters. The number of rotatable bonds is 7. The Morgan fingerprint density at radius 3 is 2.00 bits per heavy atom. The maximum atomic E-state index is 13.4. The van der Waals surface area contributed by atoms with Crippen molar-refractivity contribution in [2.24, 2.45) is 0 Å². The molecule has 0 N–H and O–H groups in total. The molecular weight excluding hydrogens is 577 g/mol. The first-order chi connectivity index (χ1) is 19.3. The van der Waals surface area contributed by atoms with E-state index in [1.165, 1.54) is 0 Å². The van der Waals surface area contributed by atoms with Gasteiger partial charge in [-0.25, -0.2) is 0 Å². The number of hydrogen-bond donors (Lipinski definition) is 0. The number of hydrogen-bond acceptors (Lipinski definition) is 7. The van der Waals surface area contributed by atoms with E-state index in [9.17, 15) is 21.6 Å². The SMILES string of the molecule is CC(C)(C)[Si](OC[C@@H]1O[C@@H]2C[C@@H]3OCCC[C@H]3O[C@H]2C[C@@H]1OS(=O)(=O)C(F)(F)F)(c1ccccc1)c1ccccc1. The summed E-state index contributed by atoms with van der Waals surface area (Å²) in [6.45, 7) is 6.68. The second-order valence-electron chi connectivity index (χ2n) is 12.0. The lowest BCUT2D eigenvalue weighted by atomic mass is 9.88. The average molecular weight is 615 g/mol. The Balaban J connectivity index is 1.48. The Morgan fingerprint density at radius 1 is 0.854 bits per heavy atom. The van der Waals surface area contributed by atoms with E-state index in [-0.39, 0.29) is 25.2 Å². The van der Waals surface area contributed by atoms with Crippen molar-refractivity contribution >= 4 is 28.8 Å². The third-order valence-corrected chi connectivity index (χ3v) is 14.3. The molecule has 3 saturated heterocycles. The molecule has 6 atom stereocenters. The lowest BCUT2D eigenvalue weighted by Crippen LogP contribution is -2.68. The van der Waals surface area contributed by atoms with Crippen molar-refractivity contribution in [2.75, 3.05) is 13.2 Å². The molecule has 5 rings (SSSR count). The molecule has 226 valence electrons. The molecule has 7 nitrogen and oxygen atoms in total. The van der Waals surface area contributed by atoms with E-state index in [1.54, 1.807) is 0 Å². The fourth-order valence-corrected chi connectivity index (χ4v) is 11.6. The summed E-state index contributed by atoms with van der Waals surface area (Å²) in [6, 6.07) is 19.5. The first kappa shape index (κ1) is 30.6. The first-order valence-corrected chi connectivity index (χ1v) is 17.3. The quantitative estimate of drug-likeness (QED) is 0.262. The van der Waals surface area contributed by atoms with Gasteiger partial charge in [0, 0.05) is 19.4 Å². The van der Waals surface area contributed by atoms with Crippen molar-refractivity contribution in [1.82, 2.24) is 0 Å². The fraction of sp³-hybridized carbons (Fsp3) is 0.586. The average Bonchev–Trinajstić information content (AvgIpc) is 2.92. The van der Waals surface area contributed by atoms with Crippen LogP contribution < -0.4 is 10.4 Å². The number of fused-ring (bicyclic) bond motifs is 2. The van der Waals surface area contributed by atoms with Gasteiger partial charge in [-0.15, -0.1) is 0 Å². The molecular formula is C29H37F3O7SSi. The molecule has 3 heterocycles. The zero-order valence-electron chi connectivity index (χ0n) is 23.4. The Hall–Kier alpha value is -1.80. The molecule has 41 heavy (non-hydrogen) atoms. The topological polar surface area (TPSA) is 80.3 Å². The van der Waals surface area contributed by atoms with Crippen molar-refractivity contribution in [1.29, 1.82) is 0 Å². The summed E-state index contributed by atoms with van der Waals surface area (Å²) in [5.74, 6) is 0. The van der Waals surface area contributed by atoms with Crippen LogP contribution in [0.1, 0.15) is 46.5 Å². The Labute approximate surface area is 240 Å². The van der Waals surface area contributed by atoms with E-state index < -0.39 is 53.4 Å². The van der Waals surface area contributed by atoms with Crippen LogP contribution in [0.5, 0.6) is 0 Å². The Bertz CT molecular complexity index is 1230. The van der Waals surface area contributed by atoms with Gasteiger partial charge in [0.1, 0.15) is 12.2 Å². The third kappa shape index (κ3) is 6.15. The van der Waals surface area contributed by atoms with Crippen LogP contribution in [0.3, 0.4) is 0 Å². The van der Waals surface area contributed by atoms with Gasteiger partial charge in [-0.2, -0.15) is 21.6 Å². The Kier molecular flexibility index (Phi) is 8.75. The zero-order valence-corrected chi connectivity index (χ0v) is 25.2. The van der Waals surface area contributed by atoms with Crippen molar-refractivity contribution in [2.45, 2.75) is 93.6 Å². The van der Waals surface area contributed by atoms with Gasteiger partial charge in [-0.3, -0.25) is 4.18 Å². The van der Waals surface area contributed by atoms with E-state index in [1.807, 2.05) is 60.7 Å². The van der Waals surface area contributed by atoms with Crippen LogP contribution >= 0.6 is 0 Å². The molecule has 0 saturated carbocycles. The molecule has 3 aliphatic heterocycles. The first-order valence-electron chi connectivity index (χ1n) is 14.0. The molecule has 2 aromatic rings. The van der Waals surface area contributed by atoms with Gasteiger partial charge in [-0.1, -0.05) is 81.4 Å². The van der Waals surface area contributed by atoms with E-state index >= 15 is 0 Å². The van der Waals surface area contributed by atoms with E-state index in [2.05, 4.69) is 20.8 Å².